The van der Waals surface area contributed by atoms with E-state index in [1.165, 1.54) is 0 Å². The molecule has 0 aromatic heterocycles. The maximum atomic E-state index is 5.59. The molecule has 0 radical (unpaired) electrons. The van der Waals surface area contributed by atoms with E-state index in [-0.39, 0.29) is 0 Å². The van der Waals surface area contributed by atoms with Gasteiger partial charge in [-0.15, -0.1) is 0 Å². The highest BCUT2D eigenvalue weighted by Gasteiger charge is 1.99. The molecule has 5 heteroatoms. The number of hydrogen-bond donors (Lipinski definition) is 0. The Labute approximate surface area is 178 Å². The van der Waals surface area contributed by atoms with Crippen molar-refractivity contribution >= 4 is 11.6 Å². The number of hydrogen-bond acceptors (Lipinski definition) is 5. The van der Waals surface area contributed by atoms with Crippen LogP contribution in [0.1, 0.15) is 13.8 Å². The molecule has 0 aliphatic rings. The van der Waals surface area contributed by atoms with E-state index in [0.717, 1.165) is 28.7 Å². The molecule has 0 aliphatic heterocycles. The predicted molar refractivity (Wildman–Crippen MR) is 121 cm³/mol. The number of para-hydroxylation sites is 3. The van der Waals surface area contributed by atoms with Gasteiger partial charge in [-0.25, -0.2) is 4.99 Å². The molecule has 3 aromatic rings. The molecule has 0 amide bonds. The van der Waals surface area contributed by atoms with Crippen molar-refractivity contribution in [2.24, 2.45) is 4.99 Å². The minimum absolute atomic E-state index is 0.603. The third-order valence-electron chi connectivity index (χ3n) is 3.77. The van der Waals surface area contributed by atoms with E-state index < -0.39 is 0 Å². The van der Waals surface area contributed by atoms with Gasteiger partial charge in [-0.3, -0.25) is 0 Å². The normalized spacial score (nSPS) is 10.7. The second-order valence-corrected chi connectivity index (χ2v) is 5.98. The molecule has 0 N–H and O–H groups in total. The monoisotopic (exact) mass is 405 g/mol. The van der Waals surface area contributed by atoms with Gasteiger partial charge in [0.15, 0.2) is 17.4 Å². The molecule has 3 aromatic carbocycles. The van der Waals surface area contributed by atoms with E-state index in [0.29, 0.717) is 5.90 Å². The molecule has 0 atom stereocenters. The fraction of sp³-hybridized carbons (Fsp3) is 0.160. The van der Waals surface area contributed by atoms with Gasteiger partial charge in [0.25, 0.3) is 0 Å². The Balaban J connectivity index is 0.000000232. The first-order valence-electron chi connectivity index (χ1n) is 9.49. The van der Waals surface area contributed by atoms with Crippen LogP contribution in [0.3, 0.4) is 0 Å². The average molecular weight is 405 g/mol. The summed E-state index contributed by atoms with van der Waals surface area (Å²) >= 11 is 0. The Morgan fingerprint density at radius 3 is 1.97 bits per heavy atom. The molecule has 30 heavy (non-hydrogen) atoms. The molecular formula is C25H27NO4. The van der Waals surface area contributed by atoms with Crippen molar-refractivity contribution < 1.29 is 18.9 Å². The van der Waals surface area contributed by atoms with E-state index in [2.05, 4.69) is 4.99 Å². The van der Waals surface area contributed by atoms with Gasteiger partial charge in [0.1, 0.15) is 11.5 Å². The summed E-state index contributed by atoms with van der Waals surface area (Å²) in [6.45, 7) is 3.73. The topological polar surface area (TPSA) is 49.3 Å². The molecule has 0 saturated carbocycles. The highest BCUT2D eigenvalue weighted by Crippen LogP contribution is 2.25. The van der Waals surface area contributed by atoms with Gasteiger partial charge in [-0.2, -0.15) is 0 Å². The first kappa shape index (κ1) is 22.6. The maximum Gasteiger partial charge on any atom is 0.192 e. The number of methoxy groups -OCH3 is 2. The second kappa shape index (κ2) is 12.7. The Kier molecular flexibility index (Phi) is 9.53. The molecule has 5 nitrogen and oxygen atoms in total. The molecule has 0 saturated heterocycles. The lowest BCUT2D eigenvalue weighted by molar-refractivity contribution is 0.378. The molecule has 0 fully saturated rings. The zero-order valence-corrected chi connectivity index (χ0v) is 17.7. The summed E-state index contributed by atoms with van der Waals surface area (Å²) in [5.41, 5.74) is 0.837. The Hall–Kier alpha value is -3.73. The largest absolute Gasteiger partial charge is 0.497 e. The van der Waals surface area contributed by atoms with Crippen LogP contribution >= 0.6 is 0 Å². The van der Waals surface area contributed by atoms with Gasteiger partial charge >= 0.3 is 0 Å². The molecule has 0 unspecified atom stereocenters. The first-order chi connectivity index (χ1) is 14.7. The Morgan fingerprint density at radius 2 is 1.37 bits per heavy atom. The van der Waals surface area contributed by atoms with E-state index >= 15 is 0 Å². The first-order valence-corrected chi connectivity index (χ1v) is 9.49. The standard InChI is InChI=1S/C15H15NO2.C10H12O2/c1-12(18-15-6-4-3-5-7-15)16-13-8-10-14(17-2)11-9-13;1-3-8-12-10-7-5-4-6-9(10)11-2/h3-11H,1-2H3;3-8H,1-2H3. The number of aliphatic imine (C=N–C) groups is 1. The summed E-state index contributed by atoms with van der Waals surface area (Å²) in [4.78, 5) is 4.37. The summed E-state index contributed by atoms with van der Waals surface area (Å²) in [7, 11) is 3.26. The van der Waals surface area contributed by atoms with Crippen LogP contribution in [0.15, 0.2) is 96.2 Å². The maximum absolute atomic E-state index is 5.59. The van der Waals surface area contributed by atoms with Crippen LogP contribution in [-0.4, -0.2) is 20.1 Å². The van der Waals surface area contributed by atoms with Crippen molar-refractivity contribution in [1.82, 2.24) is 0 Å². The summed E-state index contributed by atoms with van der Waals surface area (Å²) < 4.78 is 21.0. The smallest absolute Gasteiger partial charge is 0.192 e. The van der Waals surface area contributed by atoms with Gasteiger partial charge in [0.2, 0.25) is 0 Å². The van der Waals surface area contributed by atoms with Crippen LogP contribution in [0, 0.1) is 0 Å². The molecule has 0 aliphatic carbocycles. The summed E-state index contributed by atoms with van der Waals surface area (Å²) in [5, 5.41) is 0. The quantitative estimate of drug-likeness (QED) is 0.269. The minimum atomic E-state index is 0.603. The van der Waals surface area contributed by atoms with Crippen molar-refractivity contribution in [3.8, 4) is 23.0 Å². The number of rotatable bonds is 6. The zero-order valence-electron chi connectivity index (χ0n) is 17.7. The van der Waals surface area contributed by atoms with Crippen LogP contribution in [0.25, 0.3) is 0 Å². The lowest BCUT2D eigenvalue weighted by Gasteiger charge is -2.05. The van der Waals surface area contributed by atoms with E-state index in [1.807, 2.05) is 98.8 Å². The van der Waals surface area contributed by atoms with Crippen molar-refractivity contribution in [3.05, 3.63) is 91.2 Å². The summed E-state index contributed by atoms with van der Waals surface area (Å²) in [6, 6.07) is 24.6. The van der Waals surface area contributed by atoms with Crippen molar-refractivity contribution in [2.75, 3.05) is 14.2 Å². The highest BCUT2D eigenvalue weighted by molar-refractivity contribution is 5.79. The fourth-order valence-electron chi connectivity index (χ4n) is 2.38. The zero-order chi connectivity index (χ0) is 21.6. The van der Waals surface area contributed by atoms with Crippen molar-refractivity contribution in [1.29, 1.82) is 0 Å². The SMILES string of the molecule is CC=COc1ccccc1OC.COc1ccc(N=C(C)Oc2ccccc2)cc1. The third-order valence-corrected chi connectivity index (χ3v) is 3.77. The fourth-order valence-corrected chi connectivity index (χ4v) is 2.38. The number of allylic oxidation sites excluding steroid dienone is 1. The van der Waals surface area contributed by atoms with Gasteiger partial charge in [-0.1, -0.05) is 36.4 Å². The van der Waals surface area contributed by atoms with Crippen LogP contribution in [0.5, 0.6) is 23.0 Å². The van der Waals surface area contributed by atoms with Gasteiger partial charge in [0.05, 0.1) is 26.2 Å². The number of benzene rings is 3. The second-order valence-electron chi connectivity index (χ2n) is 5.98. The lowest BCUT2D eigenvalue weighted by atomic mass is 10.3. The molecule has 156 valence electrons. The Bertz CT molecular complexity index is 935. The van der Waals surface area contributed by atoms with Gasteiger partial charge in [0, 0.05) is 6.92 Å². The van der Waals surface area contributed by atoms with Gasteiger partial charge in [-0.05, 0) is 55.5 Å². The predicted octanol–water partition coefficient (Wildman–Crippen LogP) is 6.43. The molecule has 0 spiro atoms. The van der Waals surface area contributed by atoms with Gasteiger partial charge < -0.3 is 18.9 Å². The number of ether oxygens (including phenoxy) is 4. The van der Waals surface area contributed by atoms with E-state index in [1.54, 1.807) is 20.5 Å². The van der Waals surface area contributed by atoms with Crippen LogP contribution in [-0.2, 0) is 0 Å². The van der Waals surface area contributed by atoms with E-state index in [4.69, 9.17) is 18.9 Å². The lowest BCUT2D eigenvalue weighted by Crippen LogP contribution is -2.01. The molecule has 3 rings (SSSR count). The average Bonchev–Trinajstić information content (AvgIpc) is 2.79. The van der Waals surface area contributed by atoms with Crippen molar-refractivity contribution in [2.45, 2.75) is 13.8 Å². The molecular weight excluding hydrogens is 378 g/mol. The third kappa shape index (κ3) is 7.72. The molecule has 0 bridgehead atoms. The van der Waals surface area contributed by atoms with Crippen molar-refractivity contribution in [3.63, 3.8) is 0 Å². The Morgan fingerprint density at radius 1 is 0.733 bits per heavy atom. The van der Waals surface area contributed by atoms with Crippen LogP contribution in [0.2, 0.25) is 0 Å². The summed E-state index contributed by atoms with van der Waals surface area (Å²) in [5.74, 6) is 3.68. The van der Waals surface area contributed by atoms with Crippen LogP contribution < -0.4 is 18.9 Å². The van der Waals surface area contributed by atoms with E-state index in [9.17, 15) is 0 Å². The molecule has 0 heterocycles. The summed E-state index contributed by atoms with van der Waals surface area (Å²) in [6.07, 6.45) is 3.45. The van der Waals surface area contributed by atoms with Crippen LogP contribution in [0.4, 0.5) is 5.69 Å². The number of nitrogens with zero attached hydrogens (tertiary/aromatic N) is 1. The minimum Gasteiger partial charge on any atom is -0.497 e. The highest BCUT2D eigenvalue weighted by atomic mass is 16.5.